The summed E-state index contributed by atoms with van der Waals surface area (Å²) in [5.41, 5.74) is 0.671. The number of nitrogens with zero attached hydrogens (tertiary/aromatic N) is 3. The Kier molecular flexibility index (Phi) is 5.32. The first-order valence-electron chi connectivity index (χ1n) is 6.16. The van der Waals surface area contributed by atoms with Crippen molar-refractivity contribution in [3.05, 3.63) is 14.9 Å². The van der Waals surface area contributed by atoms with Crippen LogP contribution in [0.2, 0.25) is 0 Å². The van der Waals surface area contributed by atoms with Crippen molar-refractivity contribution in [3.8, 4) is 0 Å². The maximum absolute atomic E-state index is 12.0. The molecule has 1 aromatic heterocycles. The van der Waals surface area contributed by atoms with Gasteiger partial charge in [0.15, 0.2) is 0 Å². The van der Waals surface area contributed by atoms with Gasteiger partial charge in [-0.25, -0.2) is 0 Å². The Labute approximate surface area is 120 Å². The fourth-order valence-electron chi connectivity index (χ4n) is 1.31. The number of carbonyl (C=O) groups excluding carboxylic acids is 1. The molecule has 19 heavy (non-hydrogen) atoms. The van der Waals surface area contributed by atoms with Crippen LogP contribution in [0.25, 0.3) is 0 Å². The van der Waals surface area contributed by atoms with Crippen molar-refractivity contribution in [2.24, 2.45) is 10.3 Å². The topological polar surface area (TPSA) is 54.3 Å². The first kappa shape index (κ1) is 15.9. The molecule has 106 valence electrons. The van der Waals surface area contributed by atoms with Gasteiger partial charge in [-0.05, 0) is 0 Å². The molecule has 0 saturated carbocycles. The van der Waals surface area contributed by atoms with Crippen LogP contribution in [0, 0.1) is 0 Å². The predicted octanol–water partition coefficient (Wildman–Crippen LogP) is 2.78. The SMILES string of the molecule is CCOC(=O)c1[se]c(C(C)(C)C)cc1N=NN(C)C. The summed E-state index contributed by atoms with van der Waals surface area (Å²) in [6, 6.07) is 1.97. The zero-order chi connectivity index (χ0) is 14.6. The van der Waals surface area contributed by atoms with Gasteiger partial charge in [0.25, 0.3) is 0 Å². The monoisotopic (exact) mass is 331 g/mol. The third-order valence-electron chi connectivity index (χ3n) is 2.24. The van der Waals surface area contributed by atoms with Crippen LogP contribution in [0.4, 0.5) is 5.69 Å². The third kappa shape index (κ3) is 4.48. The molecule has 0 atom stereocenters. The summed E-state index contributed by atoms with van der Waals surface area (Å²) in [6.07, 6.45) is 0. The molecule has 0 aliphatic heterocycles. The van der Waals surface area contributed by atoms with Crippen LogP contribution in [-0.4, -0.2) is 46.2 Å². The van der Waals surface area contributed by atoms with E-state index < -0.39 is 0 Å². The van der Waals surface area contributed by atoms with Gasteiger partial charge in [0, 0.05) is 0 Å². The number of hydrogen-bond acceptors (Lipinski definition) is 4. The van der Waals surface area contributed by atoms with E-state index >= 15 is 0 Å². The number of rotatable bonds is 4. The maximum atomic E-state index is 12.0. The second kappa shape index (κ2) is 6.35. The molecular weight excluding hydrogens is 309 g/mol. The van der Waals surface area contributed by atoms with Gasteiger partial charge in [-0.3, -0.25) is 0 Å². The van der Waals surface area contributed by atoms with E-state index in [1.54, 1.807) is 26.0 Å². The van der Waals surface area contributed by atoms with Gasteiger partial charge < -0.3 is 0 Å². The Morgan fingerprint density at radius 1 is 1.42 bits per heavy atom. The average molecular weight is 330 g/mol. The van der Waals surface area contributed by atoms with Crippen molar-refractivity contribution in [2.75, 3.05) is 20.7 Å². The van der Waals surface area contributed by atoms with Gasteiger partial charge in [0.2, 0.25) is 0 Å². The fraction of sp³-hybridized carbons (Fsp3) is 0.615. The molecule has 0 aliphatic rings. The molecule has 5 nitrogen and oxygen atoms in total. The summed E-state index contributed by atoms with van der Waals surface area (Å²) < 4.78 is 6.98. The molecule has 0 aliphatic carbocycles. The molecule has 1 aromatic rings. The fourth-order valence-corrected chi connectivity index (χ4v) is 3.49. The standard InChI is InChI=1S/C13H21N3O2Se/c1-7-18-12(17)11-9(14-15-16(5)6)8-10(19-11)13(2,3)4/h8H,7H2,1-6H3. The molecular formula is C13H21N3O2Se. The normalized spacial score (nSPS) is 11.9. The van der Waals surface area contributed by atoms with Crippen molar-refractivity contribution in [3.63, 3.8) is 0 Å². The van der Waals surface area contributed by atoms with Gasteiger partial charge in [-0.15, -0.1) is 0 Å². The van der Waals surface area contributed by atoms with Gasteiger partial charge in [0.1, 0.15) is 0 Å². The molecule has 0 unspecified atom stereocenters. The molecule has 0 saturated heterocycles. The van der Waals surface area contributed by atoms with Gasteiger partial charge in [-0.1, -0.05) is 0 Å². The summed E-state index contributed by atoms with van der Waals surface area (Å²) in [5.74, 6) is -0.272. The van der Waals surface area contributed by atoms with Crippen LogP contribution in [-0.2, 0) is 10.2 Å². The zero-order valence-corrected chi connectivity index (χ0v) is 14.1. The van der Waals surface area contributed by atoms with E-state index in [0.717, 1.165) is 0 Å². The minimum absolute atomic E-state index is 0.0349. The van der Waals surface area contributed by atoms with Crippen LogP contribution in [0.3, 0.4) is 0 Å². The van der Waals surface area contributed by atoms with Crippen molar-refractivity contribution in [1.82, 2.24) is 5.01 Å². The second-order valence-electron chi connectivity index (χ2n) is 5.33. The Hall–Kier alpha value is -1.13. The molecule has 1 rings (SSSR count). The zero-order valence-electron chi connectivity index (χ0n) is 12.4. The number of ether oxygens (including phenoxy) is 1. The van der Waals surface area contributed by atoms with E-state index in [4.69, 9.17) is 4.74 Å². The first-order chi connectivity index (χ1) is 8.75. The molecule has 0 fully saturated rings. The Morgan fingerprint density at radius 3 is 2.53 bits per heavy atom. The second-order valence-corrected chi connectivity index (χ2v) is 7.54. The van der Waals surface area contributed by atoms with Crippen LogP contribution in [0.15, 0.2) is 16.4 Å². The summed E-state index contributed by atoms with van der Waals surface area (Å²) in [5, 5.41) is 9.72. The quantitative estimate of drug-likeness (QED) is 0.369. The van der Waals surface area contributed by atoms with Crippen molar-refractivity contribution >= 4 is 26.2 Å². The Morgan fingerprint density at radius 2 is 2.05 bits per heavy atom. The van der Waals surface area contributed by atoms with E-state index in [1.807, 2.05) is 6.07 Å². The van der Waals surface area contributed by atoms with E-state index in [0.29, 0.717) is 16.7 Å². The van der Waals surface area contributed by atoms with E-state index in [9.17, 15) is 4.79 Å². The molecule has 0 N–H and O–H groups in total. The van der Waals surface area contributed by atoms with Crippen molar-refractivity contribution in [1.29, 1.82) is 0 Å². The first-order valence-corrected chi connectivity index (χ1v) is 7.87. The summed E-state index contributed by atoms with van der Waals surface area (Å²) in [6.45, 7) is 8.58. The van der Waals surface area contributed by atoms with Crippen LogP contribution >= 0.6 is 0 Å². The van der Waals surface area contributed by atoms with Crippen LogP contribution in [0.1, 0.15) is 41.4 Å². The summed E-state index contributed by atoms with van der Waals surface area (Å²) >= 11 is -0.0365. The number of hydrogen-bond donors (Lipinski definition) is 0. The van der Waals surface area contributed by atoms with Crippen LogP contribution in [0.5, 0.6) is 0 Å². The Balaban J connectivity index is 3.18. The summed E-state index contributed by atoms with van der Waals surface area (Å²) in [7, 11) is 3.59. The molecule has 0 bridgehead atoms. The van der Waals surface area contributed by atoms with Crippen molar-refractivity contribution in [2.45, 2.75) is 33.1 Å². The minimum atomic E-state index is -0.272. The molecule has 0 amide bonds. The molecule has 0 radical (unpaired) electrons. The van der Waals surface area contributed by atoms with Gasteiger partial charge in [0.05, 0.1) is 0 Å². The van der Waals surface area contributed by atoms with Gasteiger partial charge >= 0.3 is 120 Å². The molecule has 1 heterocycles. The summed E-state index contributed by atoms with van der Waals surface area (Å²) in [4.78, 5) is 12.0. The third-order valence-corrected chi connectivity index (χ3v) is 5.45. The molecule has 0 spiro atoms. The van der Waals surface area contributed by atoms with E-state index in [2.05, 4.69) is 31.1 Å². The predicted molar refractivity (Wildman–Crippen MR) is 76.2 cm³/mol. The Bertz CT molecular complexity index is 473. The van der Waals surface area contributed by atoms with E-state index in [-0.39, 0.29) is 25.9 Å². The van der Waals surface area contributed by atoms with E-state index in [1.165, 1.54) is 4.44 Å². The number of esters is 1. The molecule has 0 aromatic carbocycles. The van der Waals surface area contributed by atoms with Crippen molar-refractivity contribution < 1.29 is 9.53 Å². The average Bonchev–Trinajstić information content (AvgIpc) is 2.70. The van der Waals surface area contributed by atoms with Crippen LogP contribution < -0.4 is 0 Å². The number of carbonyl (C=O) groups is 1. The molecule has 6 heteroatoms. The van der Waals surface area contributed by atoms with Gasteiger partial charge in [-0.2, -0.15) is 0 Å².